The first kappa shape index (κ1) is 29.6. The van der Waals surface area contributed by atoms with E-state index >= 15 is 0 Å². The van der Waals surface area contributed by atoms with E-state index in [9.17, 15) is 18.0 Å². The highest BCUT2D eigenvalue weighted by atomic mass is 35.5. The SMILES string of the molecule is CNCCNC(=O)CC1N=C(c2ccc(Cl)cc2)c2cc(OC)ccc2-n2c(C)nnc21.O=C(O)C(F)(F)F. The molecule has 0 saturated heterocycles. The van der Waals surface area contributed by atoms with Crippen LogP contribution < -0.4 is 15.4 Å². The summed E-state index contributed by atoms with van der Waals surface area (Å²) in [5.41, 5.74) is 3.39. The lowest BCUT2D eigenvalue weighted by molar-refractivity contribution is -0.192. The van der Waals surface area contributed by atoms with Gasteiger partial charge in [-0.1, -0.05) is 23.7 Å². The van der Waals surface area contributed by atoms with Gasteiger partial charge in [0.2, 0.25) is 5.91 Å². The summed E-state index contributed by atoms with van der Waals surface area (Å²) in [6.45, 7) is 3.12. The van der Waals surface area contributed by atoms with Crippen LogP contribution in [-0.4, -0.2) is 70.9 Å². The second-order valence-corrected chi connectivity index (χ2v) is 8.72. The van der Waals surface area contributed by atoms with Gasteiger partial charge >= 0.3 is 12.1 Å². The van der Waals surface area contributed by atoms with Gasteiger partial charge in [0.15, 0.2) is 5.82 Å². The highest BCUT2D eigenvalue weighted by molar-refractivity contribution is 6.30. The largest absolute Gasteiger partial charge is 0.497 e. The molecule has 4 rings (SSSR count). The summed E-state index contributed by atoms with van der Waals surface area (Å²) in [4.78, 5) is 26.6. The number of aromatic nitrogens is 3. The van der Waals surface area contributed by atoms with E-state index in [4.69, 9.17) is 31.2 Å². The lowest BCUT2D eigenvalue weighted by Gasteiger charge is -2.14. The maximum atomic E-state index is 12.7. The first-order valence-corrected chi connectivity index (χ1v) is 12.0. The Morgan fingerprint density at radius 3 is 2.38 bits per heavy atom. The Morgan fingerprint density at radius 1 is 1.13 bits per heavy atom. The van der Waals surface area contributed by atoms with Gasteiger partial charge in [-0.3, -0.25) is 14.4 Å². The third-order valence-corrected chi connectivity index (χ3v) is 5.82. The zero-order chi connectivity index (χ0) is 28.7. The number of likely N-dealkylation sites (N-methyl/N-ethyl adjacent to an activating group) is 1. The number of halogens is 4. The van der Waals surface area contributed by atoms with Crippen LogP contribution in [0.4, 0.5) is 13.2 Å². The van der Waals surface area contributed by atoms with Crippen LogP contribution in [0.2, 0.25) is 5.02 Å². The predicted molar refractivity (Wildman–Crippen MR) is 138 cm³/mol. The molecule has 39 heavy (non-hydrogen) atoms. The van der Waals surface area contributed by atoms with Gasteiger partial charge in [0.05, 0.1) is 24.9 Å². The van der Waals surface area contributed by atoms with Crippen LogP contribution >= 0.6 is 11.6 Å². The van der Waals surface area contributed by atoms with Crippen molar-refractivity contribution >= 4 is 29.2 Å². The fourth-order valence-electron chi connectivity index (χ4n) is 3.75. The standard InChI is InChI=1S/C23H25ClN6O2.C2HF3O2/c1-14-28-29-23-19(13-21(31)26-11-10-25-2)27-22(15-4-6-16(24)7-5-15)18-12-17(32-3)8-9-20(18)30(14)23;3-2(4,5)1(6)7/h4-9,12,19,25H,10-11,13H2,1-3H3,(H,26,31);(H,6,7). The molecule has 0 spiro atoms. The molecule has 14 heteroatoms. The molecule has 2 heterocycles. The summed E-state index contributed by atoms with van der Waals surface area (Å²) in [5.74, 6) is -0.796. The maximum Gasteiger partial charge on any atom is 0.490 e. The Bertz CT molecular complexity index is 1360. The van der Waals surface area contributed by atoms with Crippen molar-refractivity contribution in [3.63, 3.8) is 0 Å². The number of hydrogen-bond acceptors (Lipinski definition) is 7. The van der Waals surface area contributed by atoms with Crippen molar-refractivity contribution < 1.29 is 32.6 Å². The van der Waals surface area contributed by atoms with Crippen LogP contribution in [0.3, 0.4) is 0 Å². The molecular formula is C25H26ClF3N6O4. The Balaban J connectivity index is 0.000000532. The molecule has 0 fully saturated rings. The minimum absolute atomic E-state index is 0.0970. The quantitative estimate of drug-likeness (QED) is 0.373. The zero-order valence-electron chi connectivity index (χ0n) is 21.2. The number of carbonyl (C=O) groups excluding carboxylic acids is 1. The average Bonchev–Trinajstić information content (AvgIpc) is 3.21. The van der Waals surface area contributed by atoms with Crippen LogP contribution in [0.15, 0.2) is 47.5 Å². The smallest absolute Gasteiger partial charge is 0.490 e. The number of nitrogens with one attached hydrogen (secondary N) is 2. The number of benzene rings is 2. The first-order chi connectivity index (χ1) is 18.5. The number of carboxylic acids is 1. The number of methoxy groups -OCH3 is 1. The summed E-state index contributed by atoms with van der Waals surface area (Å²) < 4.78 is 39.2. The maximum absolute atomic E-state index is 12.7. The van der Waals surface area contributed by atoms with E-state index in [1.807, 2.05) is 61.0 Å². The Kier molecular flexibility index (Phi) is 9.65. The van der Waals surface area contributed by atoms with Gasteiger partial charge in [0.1, 0.15) is 17.6 Å². The lowest BCUT2D eigenvalue weighted by atomic mass is 10.00. The van der Waals surface area contributed by atoms with Gasteiger partial charge in [-0.25, -0.2) is 4.79 Å². The van der Waals surface area contributed by atoms with Gasteiger partial charge in [-0.15, -0.1) is 10.2 Å². The number of carbonyl (C=O) groups is 2. The van der Waals surface area contributed by atoms with Crippen molar-refractivity contribution in [3.05, 3.63) is 70.3 Å². The molecule has 0 aliphatic carbocycles. The van der Waals surface area contributed by atoms with E-state index in [-0.39, 0.29) is 12.3 Å². The number of fused-ring (bicyclic) bond motifs is 3. The van der Waals surface area contributed by atoms with Crippen molar-refractivity contribution in [1.82, 2.24) is 25.4 Å². The third kappa shape index (κ3) is 7.33. The molecule has 1 aromatic heterocycles. The number of hydrogen-bond donors (Lipinski definition) is 3. The predicted octanol–water partition coefficient (Wildman–Crippen LogP) is 3.49. The molecule has 3 N–H and O–H groups in total. The Hall–Kier alpha value is -3.97. The van der Waals surface area contributed by atoms with Gasteiger partial charge in [-0.2, -0.15) is 13.2 Å². The highest BCUT2D eigenvalue weighted by Gasteiger charge is 2.38. The van der Waals surface area contributed by atoms with Crippen molar-refractivity contribution in [2.75, 3.05) is 27.2 Å². The third-order valence-electron chi connectivity index (χ3n) is 5.57. The second kappa shape index (κ2) is 12.7. The van der Waals surface area contributed by atoms with Crippen LogP contribution in [0.5, 0.6) is 5.75 Å². The summed E-state index contributed by atoms with van der Waals surface area (Å²) in [5, 5.41) is 22.4. The van der Waals surface area contributed by atoms with Crippen LogP contribution in [0.1, 0.15) is 35.2 Å². The molecule has 2 aromatic carbocycles. The first-order valence-electron chi connectivity index (χ1n) is 11.6. The molecule has 1 aliphatic heterocycles. The molecule has 1 aliphatic rings. The zero-order valence-corrected chi connectivity index (χ0v) is 22.0. The van der Waals surface area contributed by atoms with E-state index in [0.29, 0.717) is 29.7 Å². The average molecular weight is 567 g/mol. The summed E-state index contributed by atoms with van der Waals surface area (Å²) >= 11 is 6.12. The molecule has 3 aromatic rings. The van der Waals surface area contributed by atoms with E-state index in [0.717, 1.165) is 28.4 Å². The number of alkyl halides is 3. The van der Waals surface area contributed by atoms with Crippen LogP contribution in [0.25, 0.3) is 5.69 Å². The molecule has 0 radical (unpaired) electrons. The number of amides is 1. The Labute approximate surface area is 226 Å². The number of aliphatic imine (C=N–C) groups is 1. The number of nitrogens with zero attached hydrogens (tertiary/aromatic N) is 4. The van der Waals surface area contributed by atoms with E-state index in [2.05, 4.69) is 20.8 Å². The molecule has 0 bridgehead atoms. The number of carboxylic acid groups (broad SMARTS) is 1. The van der Waals surface area contributed by atoms with Crippen LogP contribution in [-0.2, 0) is 9.59 Å². The molecule has 1 unspecified atom stereocenters. The van der Waals surface area contributed by atoms with Crippen molar-refractivity contribution in [2.45, 2.75) is 25.6 Å². The molecular weight excluding hydrogens is 541 g/mol. The monoisotopic (exact) mass is 566 g/mol. The van der Waals surface area contributed by atoms with E-state index < -0.39 is 18.2 Å². The number of rotatable bonds is 7. The van der Waals surface area contributed by atoms with Crippen molar-refractivity contribution in [1.29, 1.82) is 0 Å². The molecule has 0 saturated carbocycles. The summed E-state index contributed by atoms with van der Waals surface area (Å²) in [6, 6.07) is 12.8. The fraction of sp³-hybridized carbons (Fsp3) is 0.320. The highest BCUT2D eigenvalue weighted by Crippen LogP contribution is 2.34. The Morgan fingerprint density at radius 2 is 1.79 bits per heavy atom. The van der Waals surface area contributed by atoms with E-state index in [1.165, 1.54) is 0 Å². The normalized spacial score (nSPS) is 14.1. The molecule has 1 atom stereocenters. The van der Waals surface area contributed by atoms with Crippen molar-refractivity contribution in [3.8, 4) is 11.4 Å². The van der Waals surface area contributed by atoms with Crippen LogP contribution in [0, 0.1) is 6.92 Å². The van der Waals surface area contributed by atoms with Gasteiger partial charge in [0, 0.05) is 29.2 Å². The fourth-order valence-corrected chi connectivity index (χ4v) is 3.88. The lowest BCUT2D eigenvalue weighted by Crippen LogP contribution is -2.31. The van der Waals surface area contributed by atoms with Crippen molar-refractivity contribution in [2.24, 2.45) is 4.99 Å². The summed E-state index contributed by atoms with van der Waals surface area (Å²) in [7, 11) is 3.47. The molecule has 208 valence electrons. The molecule has 1 amide bonds. The van der Waals surface area contributed by atoms with Gasteiger partial charge < -0.3 is 20.5 Å². The minimum Gasteiger partial charge on any atom is -0.497 e. The second-order valence-electron chi connectivity index (χ2n) is 8.28. The number of ether oxygens (including phenoxy) is 1. The minimum atomic E-state index is -5.08. The number of aliphatic carboxylic acids is 1. The van der Waals surface area contributed by atoms with Gasteiger partial charge in [0.25, 0.3) is 0 Å². The summed E-state index contributed by atoms with van der Waals surface area (Å²) in [6.07, 6.45) is -4.93. The topological polar surface area (TPSA) is 131 Å². The van der Waals surface area contributed by atoms with E-state index in [1.54, 1.807) is 7.11 Å². The molecule has 10 nitrogen and oxygen atoms in total. The van der Waals surface area contributed by atoms with Gasteiger partial charge in [-0.05, 0) is 44.3 Å². The number of aryl methyl sites for hydroxylation is 1.